The van der Waals surface area contributed by atoms with Gasteiger partial charge in [-0.2, -0.15) is 0 Å². The summed E-state index contributed by atoms with van der Waals surface area (Å²) in [6, 6.07) is 25.6. The van der Waals surface area contributed by atoms with Crippen molar-refractivity contribution in [3.8, 4) is 5.75 Å². The zero-order chi connectivity index (χ0) is 16.6. The number of hydrogen-bond acceptors (Lipinski definition) is 4. The average molecular weight is 326 g/mol. The predicted octanol–water partition coefficient (Wildman–Crippen LogP) is 5.05. The van der Waals surface area contributed by atoms with Gasteiger partial charge in [0.15, 0.2) is 11.3 Å². The Kier molecular flexibility index (Phi) is 3.07. The highest BCUT2D eigenvalue weighted by Gasteiger charge is 2.25. The number of benzene rings is 3. The third-order valence-corrected chi connectivity index (χ3v) is 4.14. The summed E-state index contributed by atoms with van der Waals surface area (Å²) in [5.74, 6) is 1.95. The van der Waals surface area contributed by atoms with Crippen molar-refractivity contribution in [3.05, 3.63) is 96.2 Å². The van der Waals surface area contributed by atoms with Gasteiger partial charge in [-0.15, -0.1) is 0 Å². The summed E-state index contributed by atoms with van der Waals surface area (Å²) in [4.78, 5) is 4.65. The van der Waals surface area contributed by atoms with E-state index in [1.165, 1.54) is 0 Å². The fourth-order valence-corrected chi connectivity index (χ4v) is 2.97. The Morgan fingerprint density at radius 1 is 0.800 bits per heavy atom. The van der Waals surface area contributed by atoms with E-state index in [2.05, 4.69) is 10.3 Å². The first kappa shape index (κ1) is 13.9. The van der Waals surface area contributed by atoms with E-state index >= 15 is 0 Å². The normalized spacial score (nSPS) is 14.7. The van der Waals surface area contributed by atoms with Crippen molar-refractivity contribution in [1.29, 1.82) is 0 Å². The molecule has 4 heteroatoms. The molecule has 0 atom stereocenters. The lowest BCUT2D eigenvalue weighted by molar-refractivity contribution is 0.456. The van der Waals surface area contributed by atoms with E-state index in [-0.39, 0.29) is 0 Å². The zero-order valence-electron chi connectivity index (χ0n) is 13.3. The fraction of sp³-hybridized carbons (Fsp3) is 0. The Morgan fingerprint density at radius 3 is 2.40 bits per heavy atom. The van der Waals surface area contributed by atoms with Crippen LogP contribution in [-0.4, -0.2) is 4.98 Å². The third-order valence-electron chi connectivity index (χ3n) is 4.14. The van der Waals surface area contributed by atoms with Gasteiger partial charge in [0, 0.05) is 0 Å². The highest BCUT2D eigenvalue weighted by atomic mass is 16.5. The van der Waals surface area contributed by atoms with Crippen LogP contribution in [0.1, 0.15) is 11.5 Å². The van der Waals surface area contributed by atoms with Crippen molar-refractivity contribution in [3.63, 3.8) is 0 Å². The maximum atomic E-state index is 6.04. The summed E-state index contributed by atoms with van der Waals surface area (Å²) >= 11 is 0. The summed E-state index contributed by atoms with van der Waals surface area (Å²) in [6.45, 7) is 0. The topological polar surface area (TPSA) is 47.3 Å². The standard InChI is InChI=1S/C21H14N2O2/c1-2-8-14(9-3-1)19(20-22-15-10-4-6-12-17(15)24-20)21-23-16-11-5-7-13-18(16)25-21/h1-13,22H. The molecule has 1 aliphatic rings. The lowest BCUT2D eigenvalue weighted by Crippen LogP contribution is -2.04. The minimum Gasteiger partial charge on any atom is -0.438 e. The van der Waals surface area contributed by atoms with Gasteiger partial charge in [0.25, 0.3) is 0 Å². The molecular formula is C21H14N2O2. The monoisotopic (exact) mass is 326 g/mol. The highest BCUT2D eigenvalue weighted by Crippen LogP contribution is 2.38. The Labute approximate surface area is 144 Å². The van der Waals surface area contributed by atoms with E-state index < -0.39 is 0 Å². The molecule has 0 radical (unpaired) electrons. The van der Waals surface area contributed by atoms with E-state index in [1.54, 1.807) is 0 Å². The SMILES string of the molecule is c1ccc(C(=C2Nc3ccccc3O2)c2nc3ccccc3o2)cc1. The van der Waals surface area contributed by atoms with Gasteiger partial charge in [-0.3, -0.25) is 0 Å². The number of oxazole rings is 1. The minimum atomic E-state index is 0.530. The molecule has 0 bridgehead atoms. The molecule has 0 spiro atoms. The van der Waals surface area contributed by atoms with Gasteiger partial charge in [0.05, 0.1) is 5.69 Å². The van der Waals surface area contributed by atoms with Gasteiger partial charge in [-0.05, 0) is 29.8 Å². The summed E-state index contributed by atoms with van der Waals surface area (Å²) in [7, 11) is 0. The van der Waals surface area contributed by atoms with Gasteiger partial charge in [0.1, 0.15) is 11.1 Å². The van der Waals surface area contributed by atoms with Gasteiger partial charge >= 0.3 is 0 Å². The molecule has 0 saturated carbocycles. The molecule has 1 N–H and O–H groups in total. The molecule has 0 fully saturated rings. The second kappa shape index (κ2) is 5.53. The Hall–Kier alpha value is -3.53. The van der Waals surface area contributed by atoms with E-state index in [0.29, 0.717) is 11.8 Å². The van der Waals surface area contributed by atoms with Gasteiger partial charge in [-0.1, -0.05) is 54.6 Å². The summed E-state index contributed by atoms with van der Waals surface area (Å²) in [6.07, 6.45) is 0. The van der Waals surface area contributed by atoms with Crippen LogP contribution in [0.2, 0.25) is 0 Å². The van der Waals surface area contributed by atoms with Crippen molar-refractivity contribution in [1.82, 2.24) is 4.98 Å². The largest absolute Gasteiger partial charge is 0.438 e. The predicted molar refractivity (Wildman–Crippen MR) is 97.2 cm³/mol. The zero-order valence-corrected chi connectivity index (χ0v) is 13.3. The number of para-hydroxylation sites is 4. The Bertz CT molecular complexity index is 1040. The average Bonchev–Trinajstić information content (AvgIpc) is 3.26. The maximum absolute atomic E-state index is 6.04. The van der Waals surface area contributed by atoms with Gasteiger partial charge < -0.3 is 14.5 Å². The molecule has 120 valence electrons. The minimum absolute atomic E-state index is 0.530. The number of ether oxygens (including phenoxy) is 1. The van der Waals surface area contributed by atoms with Gasteiger partial charge in [0.2, 0.25) is 11.8 Å². The molecule has 5 rings (SSSR count). The maximum Gasteiger partial charge on any atom is 0.233 e. The van der Waals surface area contributed by atoms with Crippen LogP contribution < -0.4 is 10.1 Å². The van der Waals surface area contributed by atoms with Crippen LogP contribution in [0.15, 0.2) is 89.2 Å². The Morgan fingerprint density at radius 2 is 1.56 bits per heavy atom. The van der Waals surface area contributed by atoms with Crippen LogP contribution in [0.3, 0.4) is 0 Å². The summed E-state index contributed by atoms with van der Waals surface area (Å²) in [5, 5.41) is 3.33. The highest BCUT2D eigenvalue weighted by molar-refractivity contribution is 5.85. The van der Waals surface area contributed by atoms with Crippen LogP contribution in [0.4, 0.5) is 5.69 Å². The summed E-state index contributed by atoms with van der Waals surface area (Å²) in [5.41, 5.74) is 4.28. The first-order chi connectivity index (χ1) is 12.4. The van der Waals surface area contributed by atoms with E-state index in [0.717, 1.165) is 33.7 Å². The molecular weight excluding hydrogens is 312 g/mol. The van der Waals surface area contributed by atoms with Crippen molar-refractivity contribution in [2.75, 3.05) is 5.32 Å². The quantitative estimate of drug-likeness (QED) is 0.560. The number of nitrogens with one attached hydrogen (secondary N) is 1. The third kappa shape index (κ3) is 2.35. The van der Waals surface area contributed by atoms with Crippen LogP contribution in [-0.2, 0) is 0 Å². The number of nitrogens with zero attached hydrogens (tertiary/aromatic N) is 1. The molecule has 25 heavy (non-hydrogen) atoms. The lowest BCUT2D eigenvalue weighted by atomic mass is 10.1. The Balaban J connectivity index is 1.72. The van der Waals surface area contributed by atoms with Crippen LogP contribution in [0, 0.1) is 0 Å². The molecule has 0 unspecified atom stereocenters. The summed E-state index contributed by atoms with van der Waals surface area (Å²) < 4.78 is 12.0. The number of aromatic nitrogens is 1. The first-order valence-electron chi connectivity index (χ1n) is 8.08. The van der Waals surface area contributed by atoms with E-state index in [4.69, 9.17) is 9.15 Å². The number of fused-ring (bicyclic) bond motifs is 2. The van der Waals surface area contributed by atoms with E-state index in [1.807, 2.05) is 78.9 Å². The van der Waals surface area contributed by atoms with Crippen molar-refractivity contribution in [2.24, 2.45) is 0 Å². The van der Waals surface area contributed by atoms with Crippen molar-refractivity contribution >= 4 is 22.4 Å². The molecule has 1 aromatic heterocycles. The number of rotatable bonds is 2. The molecule has 0 saturated heterocycles. The molecule has 4 nitrogen and oxygen atoms in total. The molecule has 1 aliphatic heterocycles. The van der Waals surface area contributed by atoms with Gasteiger partial charge in [-0.25, -0.2) is 4.98 Å². The molecule has 4 aromatic rings. The second-order valence-corrected chi connectivity index (χ2v) is 5.78. The molecule has 0 aliphatic carbocycles. The first-order valence-corrected chi connectivity index (χ1v) is 8.08. The van der Waals surface area contributed by atoms with Crippen molar-refractivity contribution in [2.45, 2.75) is 0 Å². The van der Waals surface area contributed by atoms with E-state index in [9.17, 15) is 0 Å². The molecule has 0 amide bonds. The fourth-order valence-electron chi connectivity index (χ4n) is 2.97. The smallest absolute Gasteiger partial charge is 0.233 e. The second-order valence-electron chi connectivity index (χ2n) is 5.78. The van der Waals surface area contributed by atoms with Crippen LogP contribution in [0.5, 0.6) is 5.75 Å². The molecule has 2 heterocycles. The number of anilines is 1. The number of hydrogen-bond donors (Lipinski definition) is 1. The molecule has 3 aromatic carbocycles. The lowest BCUT2D eigenvalue weighted by Gasteiger charge is -2.08. The van der Waals surface area contributed by atoms with Crippen LogP contribution >= 0.6 is 0 Å². The van der Waals surface area contributed by atoms with Crippen LogP contribution in [0.25, 0.3) is 16.7 Å². The van der Waals surface area contributed by atoms with Crippen molar-refractivity contribution < 1.29 is 9.15 Å².